The van der Waals surface area contributed by atoms with Crippen LogP contribution in [0.2, 0.25) is 10.0 Å². The molecule has 0 radical (unpaired) electrons. The van der Waals surface area contributed by atoms with Gasteiger partial charge in [0, 0.05) is 34.3 Å². The van der Waals surface area contributed by atoms with Crippen molar-refractivity contribution in [3.8, 4) is 11.3 Å². The summed E-state index contributed by atoms with van der Waals surface area (Å²) in [6.45, 7) is 0.626. The lowest BCUT2D eigenvalue weighted by Gasteiger charge is -2.00. The minimum absolute atomic E-state index is 0.610. The predicted molar refractivity (Wildman–Crippen MR) is 81.3 cm³/mol. The van der Waals surface area contributed by atoms with Gasteiger partial charge in [-0.15, -0.1) is 11.3 Å². The third-order valence-electron chi connectivity index (χ3n) is 2.89. The van der Waals surface area contributed by atoms with Crippen LogP contribution in [0.5, 0.6) is 0 Å². The van der Waals surface area contributed by atoms with Crippen LogP contribution in [-0.4, -0.2) is 15.9 Å². The molecule has 0 amide bonds. The number of fused-ring (bicyclic) bond motifs is 1. The Balaban J connectivity index is 2.10. The highest BCUT2D eigenvalue weighted by molar-refractivity contribution is 7.15. The van der Waals surface area contributed by atoms with Crippen LogP contribution in [0.3, 0.4) is 0 Å². The number of hydrogen-bond acceptors (Lipinski definition) is 3. The van der Waals surface area contributed by atoms with Crippen molar-refractivity contribution in [2.24, 2.45) is 5.73 Å². The van der Waals surface area contributed by atoms with E-state index >= 15 is 0 Å². The number of thiazole rings is 1. The molecule has 0 spiro atoms. The summed E-state index contributed by atoms with van der Waals surface area (Å²) in [6, 6.07) is 5.43. The average Bonchev–Trinajstić information content (AvgIpc) is 2.91. The lowest BCUT2D eigenvalue weighted by Crippen LogP contribution is -2.04. The molecule has 3 nitrogen and oxygen atoms in total. The molecular weight excluding hydrogens is 301 g/mol. The van der Waals surface area contributed by atoms with E-state index < -0.39 is 0 Å². The van der Waals surface area contributed by atoms with Crippen LogP contribution in [0.25, 0.3) is 16.2 Å². The summed E-state index contributed by atoms with van der Waals surface area (Å²) in [7, 11) is 0. The van der Waals surface area contributed by atoms with Gasteiger partial charge in [-0.25, -0.2) is 4.98 Å². The second-order valence-electron chi connectivity index (χ2n) is 4.17. The van der Waals surface area contributed by atoms with Gasteiger partial charge in [-0.1, -0.05) is 23.2 Å². The Morgan fingerprint density at radius 2 is 2.16 bits per heavy atom. The van der Waals surface area contributed by atoms with Crippen molar-refractivity contribution >= 4 is 39.5 Å². The van der Waals surface area contributed by atoms with E-state index in [-0.39, 0.29) is 0 Å². The molecule has 0 saturated heterocycles. The zero-order valence-electron chi connectivity index (χ0n) is 9.94. The van der Waals surface area contributed by atoms with E-state index in [0.717, 1.165) is 22.6 Å². The molecule has 3 rings (SSSR count). The zero-order chi connectivity index (χ0) is 13.4. The summed E-state index contributed by atoms with van der Waals surface area (Å²) in [4.78, 5) is 5.54. The van der Waals surface area contributed by atoms with E-state index in [1.165, 1.54) is 5.69 Å². The van der Waals surface area contributed by atoms with E-state index in [9.17, 15) is 0 Å². The van der Waals surface area contributed by atoms with Gasteiger partial charge in [0.15, 0.2) is 4.96 Å². The van der Waals surface area contributed by atoms with E-state index in [0.29, 0.717) is 16.6 Å². The molecule has 2 aromatic heterocycles. The van der Waals surface area contributed by atoms with Crippen LogP contribution in [0.4, 0.5) is 0 Å². The number of nitrogens with zero attached hydrogens (tertiary/aromatic N) is 2. The topological polar surface area (TPSA) is 43.3 Å². The molecule has 1 aromatic carbocycles. The van der Waals surface area contributed by atoms with E-state index in [4.69, 9.17) is 28.9 Å². The molecule has 6 heteroatoms. The first-order valence-corrected chi connectivity index (χ1v) is 7.43. The summed E-state index contributed by atoms with van der Waals surface area (Å²) in [5, 5.41) is 3.32. The summed E-state index contributed by atoms with van der Waals surface area (Å²) < 4.78 is 2.07. The fourth-order valence-electron chi connectivity index (χ4n) is 1.98. The third kappa shape index (κ3) is 2.37. The van der Waals surface area contributed by atoms with Crippen LogP contribution in [0.15, 0.2) is 29.8 Å². The largest absolute Gasteiger partial charge is 0.330 e. The Bertz CT molecular complexity index is 733. The molecule has 98 valence electrons. The molecule has 19 heavy (non-hydrogen) atoms. The Hall–Kier alpha value is -1.07. The van der Waals surface area contributed by atoms with Gasteiger partial charge in [0.25, 0.3) is 0 Å². The minimum Gasteiger partial charge on any atom is -0.330 e. The molecule has 2 heterocycles. The van der Waals surface area contributed by atoms with Crippen molar-refractivity contribution in [1.29, 1.82) is 0 Å². The molecule has 0 aliphatic rings. The molecule has 0 aliphatic heterocycles. The highest BCUT2D eigenvalue weighted by Gasteiger charge is 2.11. The number of imidazole rings is 1. The zero-order valence-corrected chi connectivity index (χ0v) is 12.3. The maximum absolute atomic E-state index is 6.21. The van der Waals surface area contributed by atoms with Gasteiger partial charge < -0.3 is 5.73 Å². The van der Waals surface area contributed by atoms with Gasteiger partial charge in [0.1, 0.15) is 0 Å². The molecule has 0 saturated carbocycles. The number of aromatic nitrogens is 2. The van der Waals surface area contributed by atoms with Gasteiger partial charge in [-0.3, -0.25) is 4.40 Å². The smallest absolute Gasteiger partial charge is 0.194 e. The Morgan fingerprint density at radius 3 is 2.89 bits per heavy atom. The number of halogens is 2. The highest BCUT2D eigenvalue weighted by Crippen LogP contribution is 2.31. The van der Waals surface area contributed by atoms with E-state index in [1.807, 2.05) is 18.3 Å². The number of rotatable bonds is 3. The molecule has 0 fully saturated rings. The van der Waals surface area contributed by atoms with Crippen molar-refractivity contribution in [2.75, 3.05) is 6.54 Å². The van der Waals surface area contributed by atoms with Gasteiger partial charge in [0.05, 0.1) is 10.7 Å². The van der Waals surface area contributed by atoms with E-state index in [1.54, 1.807) is 17.4 Å². The lowest BCUT2D eigenvalue weighted by molar-refractivity contribution is 0.909. The first-order valence-electron chi connectivity index (χ1n) is 5.80. The first kappa shape index (κ1) is 12.9. The van der Waals surface area contributed by atoms with Crippen LogP contribution in [-0.2, 0) is 6.42 Å². The number of nitrogens with two attached hydrogens (primary N) is 1. The fourth-order valence-corrected chi connectivity index (χ4v) is 3.40. The quantitative estimate of drug-likeness (QED) is 0.798. The van der Waals surface area contributed by atoms with Crippen molar-refractivity contribution in [3.05, 3.63) is 45.5 Å². The van der Waals surface area contributed by atoms with Gasteiger partial charge in [-0.05, 0) is 24.7 Å². The van der Waals surface area contributed by atoms with Crippen LogP contribution in [0.1, 0.15) is 5.69 Å². The second kappa shape index (κ2) is 5.13. The standard InChI is InChI=1S/C13H11Cl2N3S/c14-8-1-2-10(11(15)5-8)12-6-18-9(3-4-16)7-19-13(18)17-12/h1-2,5-7H,3-4,16H2. The summed E-state index contributed by atoms with van der Waals surface area (Å²) >= 11 is 13.7. The lowest BCUT2D eigenvalue weighted by atomic mass is 10.2. The van der Waals surface area contributed by atoms with Gasteiger partial charge in [0.2, 0.25) is 0 Å². The average molecular weight is 312 g/mol. The molecule has 2 N–H and O–H groups in total. The Kier molecular flexibility index (Phi) is 3.50. The number of hydrogen-bond donors (Lipinski definition) is 1. The SMILES string of the molecule is NCCc1csc2nc(-c3ccc(Cl)cc3Cl)cn12. The van der Waals surface area contributed by atoms with Gasteiger partial charge >= 0.3 is 0 Å². The maximum Gasteiger partial charge on any atom is 0.194 e. The molecule has 0 aliphatic carbocycles. The van der Waals surface area contributed by atoms with Crippen LogP contribution >= 0.6 is 34.5 Å². The van der Waals surface area contributed by atoms with Crippen molar-refractivity contribution < 1.29 is 0 Å². The molecule has 0 bridgehead atoms. The monoisotopic (exact) mass is 311 g/mol. The Morgan fingerprint density at radius 1 is 1.32 bits per heavy atom. The first-order chi connectivity index (χ1) is 9.19. The van der Waals surface area contributed by atoms with Crippen LogP contribution < -0.4 is 5.73 Å². The van der Waals surface area contributed by atoms with E-state index in [2.05, 4.69) is 14.8 Å². The van der Waals surface area contributed by atoms with Crippen molar-refractivity contribution in [1.82, 2.24) is 9.38 Å². The predicted octanol–water partition coefficient (Wildman–Crippen LogP) is 3.87. The Labute approximate surface area is 124 Å². The molecule has 0 atom stereocenters. The van der Waals surface area contributed by atoms with Crippen molar-refractivity contribution in [2.45, 2.75) is 6.42 Å². The summed E-state index contributed by atoms with van der Waals surface area (Å²) in [6.07, 6.45) is 2.83. The van der Waals surface area contributed by atoms with Crippen LogP contribution in [0, 0.1) is 0 Å². The van der Waals surface area contributed by atoms with Gasteiger partial charge in [-0.2, -0.15) is 0 Å². The second-order valence-corrected chi connectivity index (χ2v) is 5.85. The highest BCUT2D eigenvalue weighted by atomic mass is 35.5. The normalized spacial score (nSPS) is 11.3. The molecule has 3 aromatic rings. The summed E-state index contributed by atoms with van der Waals surface area (Å²) in [5.74, 6) is 0. The maximum atomic E-state index is 6.21. The molecule has 0 unspecified atom stereocenters. The fraction of sp³-hybridized carbons (Fsp3) is 0.154. The molecular formula is C13H11Cl2N3S. The third-order valence-corrected chi connectivity index (χ3v) is 4.33. The van der Waals surface area contributed by atoms with Crippen molar-refractivity contribution in [3.63, 3.8) is 0 Å². The number of benzene rings is 1. The minimum atomic E-state index is 0.610. The summed E-state index contributed by atoms with van der Waals surface area (Å²) in [5.41, 5.74) is 8.52.